The van der Waals surface area contributed by atoms with Crippen LogP contribution in [-0.2, 0) is 11.2 Å². The summed E-state index contributed by atoms with van der Waals surface area (Å²) in [6, 6.07) is 10.3. The third kappa shape index (κ3) is 5.46. The third-order valence-electron chi connectivity index (χ3n) is 2.56. The molecule has 1 aromatic carbocycles. The van der Waals surface area contributed by atoms with E-state index in [2.05, 4.69) is 25.1 Å². The molecule has 1 rings (SSSR count). The van der Waals surface area contributed by atoms with Crippen LogP contribution in [0, 0.1) is 5.92 Å². The molecule has 0 aliphatic carbocycles. The second kappa shape index (κ2) is 7.45. The van der Waals surface area contributed by atoms with Gasteiger partial charge < -0.3 is 0 Å². The maximum Gasteiger partial charge on any atom is 0.267 e. The Morgan fingerprint density at radius 1 is 1.33 bits per heavy atom. The molecule has 3 heteroatoms. The Morgan fingerprint density at radius 2 is 2.00 bits per heavy atom. The van der Waals surface area contributed by atoms with Gasteiger partial charge in [0.25, 0.3) is 5.91 Å². The molecule has 0 aromatic heterocycles. The fraction of sp³-hybridized carbons (Fsp3) is 0.267. The average Bonchev–Trinajstić information content (AvgIpc) is 2.37. The molecule has 0 fully saturated rings. The first kappa shape index (κ1) is 14.2. The molecule has 18 heavy (non-hydrogen) atoms. The molecule has 0 radical (unpaired) electrons. The Morgan fingerprint density at radius 3 is 2.61 bits per heavy atom. The standard InChI is InChI=1S/C15H19NO2/c1-12(8-9-15(17)16-18)10-13(2)11-14-6-4-3-5-7-14/h3-10,13,18H,11H2,1-2H3,(H,16,17). The van der Waals surface area contributed by atoms with Crippen molar-refractivity contribution < 1.29 is 10.0 Å². The first-order chi connectivity index (χ1) is 8.61. The molecule has 2 N–H and O–H groups in total. The van der Waals surface area contributed by atoms with Crippen LogP contribution in [0.1, 0.15) is 19.4 Å². The highest BCUT2D eigenvalue weighted by molar-refractivity contribution is 5.86. The zero-order valence-electron chi connectivity index (χ0n) is 10.8. The molecular formula is C15H19NO2. The van der Waals surface area contributed by atoms with Crippen molar-refractivity contribution in [3.8, 4) is 0 Å². The molecule has 0 saturated heterocycles. The van der Waals surface area contributed by atoms with Crippen LogP contribution in [0.4, 0.5) is 0 Å². The highest BCUT2D eigenvalue weighted by Crippen LogP contribution is 2.11. The first-order valence-electron chi connectivity index (χ1n) is 5.96. The fourth-order valence-corrected chi connectivity index (χ4v) is 1.79. The highest BCUT2D eigenvalue weighted by atomic mass is 16.5. The van der Waals surface area contributed by atoms with Crippen LogP contribution < -0.4 is 5.48 Å². The number of benzene rings is 1. The molecule has 1 amide bonds. The fourth-order valence-electron chi connectivity index (χ4n) is 1.79. The Bertz CT molecular complexity index is 435. The van der Waals surface area contributed by atoms with E-state index in [0.717, 1.165) is 12.0 Å². The summed E-state index contributed by atoms with van der Waals surface area (Å²) in [7, 11) is 0. The Kier molecular flexibility index (Phi) is 5.88. The van der Waals surface area contributed by atoms with Crippen molar-refractivity contribution in [3.05, 3.63) is 59.7 Å². The van der Waals surface area contributed by atoms with Gasteiger partial charge in [0.2, 0.25) is 0 Å². The van der Waals surface area contributed by atoms with Crippen molar-refractivity contribution in [1.29, 1.82) is 0 Å². The third-order valence-corrected chi connectivity index (χ3v) is 2.56. The number of amides is 1. The quantitative estimate of drug-likeness (QED) is 0.363. The minimum atomic E-state index is -0.515. The molecular weight excluding hydrogens is 226 g/mol. The summed E-state index contributed by atoms with van der Waals surface area (Å²) in [6.45, 7) is 4.07. The van der Waals surface area contributed by atoms with Gasteiger partial charge in [-0.05, 0) is 24.8 Å². The van der Waals surface area contributed by atoms with Gasteiger partial charge in [0.1, 0.15) is 0 Å². The van der Waals surface area contributed by atoms with Gasteiger partial charge in [-0.15, -0.1) is 0 Å². The molecule has 0 bridgehead atoms. The molecule has 1 atom stereocenters. The van der Waals surface area contributed by atoms with E-state index in [1.54, 1.807) is 11.6 Å². The molecule has 1 aromatic rings. The Balaban J connectivity index is 2.55. The van der Waals surface area contributed by atoms with E-state index >= 15 is 0 Å². The van der Waals surface area contributed by atoms with Gasteiger partial charge >= 0.3 is 0 Å². The van der Waals surface area contributed by atoms with E-state index in [1.807, 2.05) is 25.1 Å². The number of nitrogens with one attached hydrogen (secondary N) is 1. The maximum atomic E-state index is 10.8. The Labute approximate surface area is 108 Å². The maximum absolute atomic E-state index is 10.8. The van der Waals surface area contributed by atoms with Gasteiger partial charge in [-0.25, -0.2) is 5.48 Å². The Hall–Kier alpha value is -1.87. The smallest absolute Gasteiger partial charge is 0.267 e. The first-order valence-corrected chi connectivity index (χ1v) is 5.96. The van der Waals surface area contributed by atoms with Crippen molar-refractivity contribution in [1.82, 2.24) is 5.48 Å². The number of hydrogen-bond donors (Lipinski definition) is 2. The number of rotatable bonds is 5. The lowest BCUT2D eigenvalue weighted by Gasteiger charge is -2.07. The van der Waals surface area contributed by atoms with Crippen molar-refractivity contribution in [3.63, 3.8) is 0 Å². The number of allylic oxidation sites excluding steroid dienone is 3. The van der Waals surface area contributed by atoms with Gasteiger partial charge in [-0.3, -0.25) is 10.0 Å². The summed E-state index contributed by atoms with van der Waals surface area (Å²) in [6.07, 6.45) is 6.07. The van der Waals surface area contributed by atoms with Crippen LogP contribution in [-0.4, -0.2) is 11.1 Å². The van der Waals surface area contributed by atoms with Crippen LogP contribution in [0.2, 0.25) is 0 Å². The van der Waals surface area contributed by atoms with Crippen LogP contribution in [0.15, 0.2) is 54.1 Å². The van der Waals surface area contributed by atoms with Crippen LogP contribution in [0.5, 0.6) is 0 Å². The zero-order chi connectivity index (χ0) is 13.4. The SMILES string of the molecule is CC(C=CC(=O)NO)=CC(C)Cc1ccccc1. The number of hydrogen-bond acceptors (Lipinski definition) is 2. The van der Waals surface area contributed by atoms with E-state index in [0.29, 0.717) is 5.92 Å². The number of carbonyl (C=O) groups is 1. The summed E-state index contributed by atoms with van der Waals surface area (Å²) in [5, 5.41) is 8.35. The van der Waals surface area contributed by atoms with Crippen LogP contribution in [0.3, 0.4) is 0 Å². The minimum Gasteiger partial charge on any atom is -0.288 e. The normalized spacial score (nSPS) is 13.6. The number of carbonyl (C=O) groups excluding carboxylic acids is 1. The van der Waals surface area contributed by atoms with Gasteiger partial charge in [-0.1, -0.05) is 55.0 Å². The van der Waals surface area contributed by atoms with Gasteiger partial charge in [0.05, 0.1) is 0 Å². The van der Waals surface area contributed by atoms with Crippen molar-refractivity contribution >= 4 is 5.91 Å². The summed E-state index contributed by atoms with van der Waals surface area (Å²) < 4.78 is 0. The second-order valence-electron chi connectivity index (χ2n) is 4.39. The lowest BCUT2D eigenvalue weighted by Crippen LogP contribution is -2.14. The van der Waals surface area contributed by atoms with Gasteiger partial charge in [0, 0.05) is 6.08 Å². The van der Waals surface area contributed by atoms with E-state index in [4.69, 9.17) is 5.21 Å². The predicted molar refractivity (Wildman–Crippen MR) is 72.1 cm³/mol. The van der Waals surface area contributed by atoms with Crippen molar-refractivity contribution in [2.45, 2.75) is 20.3 Å². The molecule has 0 saturated carbocycles. The monoisotopic (exact) mass is 245 g/mol. The summed E-state index contributed by atoms with van der Waals surface area (Å²) in [5.74, 6) is -0.118. The molecule has 0 aliphatic heterocycles. The molecule has 3 nitrogen and oxygen atoms in total. The largest absolute Gasteiger partial charge is 0.288 e. The summed E-state index contributed by atoms with van der Waals surface area (Å²) >= 11 is 0. The molecule has 0 heterocycles. The lowest BCUT2D eigenvalue weighted by atomic mass is 9.99. The average molecular weight is 245 g/mol. The number of hydroxylamine groups is 1. The topological polar surface area (TPSA) is 49.3 Å². The second-order valence-corrected chi connectivity index (χ2v) is 4.39. The van der Waals surface area contributed by atoms with Crippen LogP contribution >= 0.6 is 0 Å². The molecule has 96 valence electrons. The van der Waals surface area contributed by atoms with Crippen molar-refractivity contribution in [2.24, 2.45) is 5.92 Å². The molecule has 0 spiro atoms. The van der Waals surface area contributed by atoms with E-state index < -0.39 is 5.91 Å². The van der Waals surface area contributed by atoms with E-state index in [1.165, 1.54) is 11.6 Å². The summed E-state index contributed by atoms with van der Waals surface area (Å²) in [4.78, 5) is 10.8. The van der Waals surface area contributed by atoms with Gasteiger partial charge in [0.15, 0.2) is 0 Å². The summed E-state index contributed by atoms with van der Waals surface area (Å²) in [5.41, 5.74) is 3.86. The van der Waals surface area contributed by atoms with Crippen molar-refractivity contribution in [2.75, 3.05) is 0 Å². The molecule has 1 unspecified atom stereocenters. The lowest BCUT2D eigenvalue weighted by molar-refractivity contribution is -0.124. The van der Waals surface area contributed by atoms with E-state index in [-0.39, 0.29) is 0 Å². The minimum absolute atomic E-state index is 0.397. The predicted octanol–water partition coefficient (Wildman–Crippen LogP) is 2.87. The van der Waals surface area contributed by atoms with Crippen LogP contribution in [0.25, 0.3) is 0 Å². The molecule has 0 aliphatic rings. The van der Waals surface area contributed by atoms with Gasteiger partial charge in [-0.2, -0.15) is 0 Å². The van der Waals surface area contributed by atoms with E-state index in [9.17, 15) is 4.79 Å². The zero-order valence-corrected chi connectivity index (χ0v) is 10.8. The highest BCUT2D eigenvalue weighted by Gasteiger charge is 2.00.